The number of nitrogens with zero attached hydrogens (tertiary/aromatic N) is 2. The lowest BCUT2D eigenvalue weighted by molar-refractivity contribution is -0.137. The number of alkyl halides is 3. The lowest BCUT2D eigenvalue weighted by atomic mass is 10.1. The Labute approximate surface area is 152 Å². The van der Waals surface area contributed by atoms with Gasteiger partial charge < -0.3 is 15.3 Å². The summed E-state index contributed by atoms with van der Waals surface area (Å²) in [4.78, 5) is 3.58. The van der Waals surface area contributed by atoms with E-state index < -0.39 is 28.9 Å². The molecule has 2 heterocycles. The topological polar surface area (TPSA) is 90.5 Å². The van der Waals surface area contributed by atoms with E-state index in [2.05, 4.69) is 10.4 Å². The minimum absolute atomic E-state index is 0.118. The van der Waals surface area contributed by atoms with Gasteiger partial charge in [-0.2, -0.15) is 17.8 Å². The van der Waals surface area contributed by atoms with Crippen LogP contribution in [-0.4, -0.2) is 31.1 Å². The molecule has 1 unspecified atom stereocenters. The van der Waals surface area contributed by atoms with Crippen molar-refractivity contribution in [1.82, 2.24) is 9.66 Å². The first-order chi connectivity index (χ1) is 12.1. The highest BCUT2D eigenvalue weighted by atomic mass is 35.5. The van der Waals surface area contributed by atoms with Crippen molar-refractivity contribution < 1.29 is 28.5 Å². The van der Waals surface area contributed by atoms with Crippen molar-refractivity contribution >= 4 is 23.5 Å². The third-order valence-electron chi connectivity index (χ3n) is 3.69. The van der Waals surface area contributed by atoms with Crippen molar-refractivity contribution in [3.8, 4) is 11.8 Å². The highest BCUT2D eigenvalue weighted by Crippen LogP contribution is 2.36. The zero-order valence-corrected chi connectivity index (χ0v) is 14.6. The first-order valence-corrected chi connectivity index (χ1v) is 7.94. The number of anilines is 1. The molecule has 0 aromatic carbocycles. The molecule has 2 rings (SSSR count). The molecule has 26 heavy (non-hydrogen) atoms. The summed E-state index contributed by atoms with van der Waals surface area (Å²) in [6.45, 7) is 3.30. The number of rotatable bonds is 5. The molecule has 0 aliphatic rings. The second-order valence-corrected chi connectivity index (χ2v) is 5.86. The quantitative estimate of drug-likeness (QED) is 0.580. The molecule has 142 valence electrons. The molecule has 0 radical (unpaired) electrons. The largest absolute Gasteiger partial charge is 0.493 e. The highest BCUT2D eigenvalue weighted by Gasteiger charge is 2.34. The maximum atomic E-state index is 12.7. The predicted molar refractivity (Wildman–Crippen MR) is 91.1 cm³/mol. The summed E-state index contributed by atoms with van der Waals surface area (Å²) >= 11 is 5.55. The summed E-state index contributed by atoms with van der Waals surface area (Å²) < 4.78 is 39.0. The number of hydrogen-bond acceptors (Lipinski definition) is 5. The summed E-state index contributed by atoms with van der Waals surface area (Å²) in [5.41, 5.74) is 1.92. The molecule has 4 N–H and O–H groups in total. The van der Waals surface area contributed by atoms with Crippen LogP contribution in [-0.2, 0) is 6.18 Å². The van der Waals surface area contributed by atoms with Gasteiger partial charge in [-0.3, -0.25) is 5.43 Å². The number of nitrogens with one attached hydrogen (secondary N) is 1. The van der Waals surface area contributed by atoms with Crippen LogP contribution in [0.4, 0.5) is 19.0 Å². The first kappa shape index (κ1) is 19.9. The molecule has 0 bridgehead atoms. The minimum Gasteiger partial charge on any atom is -0.493 e. The Morgan fingerprint density at radius 2 is 1.96 bits per heavy atom. The number of aromatic hydroxyl groups is 2. The van der Waals surface area contributed by atoms with Crippen molar-refractivity contribution in [3.63, 3.8) is 0 Å². The number of halogens is 4. The maximum Gasteiger partial charge on any atom is 0.419 e. The molecule has 6 nitrogen and oxygen atoms in total. The summed E-state index contributed by atoms with van der Waals surface area (Å²) in [5.74, 6) is -0.893. The van der Waals surface area contributed by atoms with Crippen LogP contribution in [0.2, 0.25) is 5.15 Å². The van der Waals surface area contributed by atoms with Crippen molar-refractivity contribution in [2.75, 3.05) is 5.43 Å². The molecule has 1 atom stereocenters. The molecule has 0 amide bonds. The van der Waals surface area contributed by atoms with Gasteiger partial charge in [-0.05, 0) is 25.5 Å². The van der Waals surface area contributed by atoms with Gasteiger partial charge >= 0.3 is 6.18 Å². The highest BCUT2D eigenvalue weighted by molar-refractivity contribution is 6.30. The van der Waals surface area contributed by atoms with E-state index in [1.165, 1.54) is 19.1 Å². The molecule has 0 spiro atoms. The molecule has 10 heteroatoms. The van der Waals surface area contributed by atoms with Gasteiger partial charge in [0, 0.05) is 11.1 Å². The lowest BCUT2D eigenvalue weighted by Crippen LogP contribution is -2.12. The average molecular weight is 392 g/mol. The van der Waals surface area contributed by atoms with Crippen LogP contribution in [0.1, 0.15) is 30.0 Å². The number of aliphatic hydroxyl groups is 1. The van der Waals surface area contributed by atoms with E-state index in [0.29, 0.717) is 12.0 Å². The average Bonchev–Trinajstić information content (AvgIpc) is 2.75. The summed E-state index contributed by atoms with van der Waals surface area (Å²) in [7, 11) is 0. The second kappa shape index (κ2) is 7.46. The predicted octanol–water partition coefficient (Wildman–Crippen LogP) is 3.93. The van der Waals surface area contributed by atoms with Crippen molar-refractivity contribution in [2.45, 2.75) is 32.5 Å². The molecule has 2 aromatic heterocycles. The zero-order valence-electron chi connectivity index (χ0n) is 13.8. The SMILES string of the molecule is CCC(O)/C=C/c1c(C)c(O)n(Nc2ccc(C(F)(F)F)c(Cl)n2)c1O. The first-order valence-electron chi connectivity index (χ1n) is 7.56. The molecule has 0 saturated heterocycles. The standard InChI is InChI=1S/C16H17ClF3N3O3/c1-3-9(24)4-5-10-8(2)14(25)23(15(10)26)22-12-7-6-11(13(17)21-12)16(18,19)20/h4-7,9,24-26H,3H2,1-2H3,(H,21,22)/b5-4+. The van der Waals surface area contributed by atoms with Gasteiger partial charge in [-0.25, -0.2) is 4.98 Å². The van der Waals surface area contributed by atoms with Crippen LogP contribution in [0, 0.1) is 6.92 Å². The molecule has 0 saturated carbocycles. The second-order valence-electron chi connectivity index (χ2n) is 5.50. The van der Waals surface area contributed by atoms with E-state index in [9.17, 15) is 28.5 Å². The summed E-state index contributed by atoms with van der Waals surface area (Å²) in [5, 5.41) is 29.2. The Bertz CT molecular complexity index is 834. The van der Waals surface area contributed by atoms with Crippen LogP contribution < -0.4 is 5.43 Å². The molecular formula is C16H17ClF3N3O3. The Balaban J connectivity index is 2.36. The lowest BCUT2D eigenvalue weighted by Gasteiger charge is -2.12. The smallest absolute Gasteiger partial charge is 0.419 e. The van der Waals surface area contributed by atoms with Gasteiger partial charge in [-0.15, -0.1) is 0 Å². The van der Waals surface area contributed by atoms with Gasteiger partial charge in [0.1, 0.15) is 11.0 Å². The van der Waals surface area contributed by atoms with E-state index in [-0.39, 0.29) is 17.3 Å². The Morgan fingerprint density at radius 3 is 2.50 bits per heavy atom. The van der Waals surface area contributed by atoms with Crippen molar-refractivity contribution in [2.24, 2.45) is 0 Å². The van der Waals surface area contributed by atoms with E-state index in [1.54, 1.807) is 6.92 Å². The minimum atomic E-state index is -4.64. The number of aliphatic hydroxyl groups excluding tert-OH is 1. The van der Waals surface area contributed by atoms with Crippen LogP contribution in [0.15, 0.2) is 18.2 Å². The Morgan fingerprint density at radius 1 is 1.31 bits per heavy atom. The Kier molecular flexibility index (Phi) is 5.72. The number of hydrogen-bond donors (Lipinski definition) is 4. The van der Waals surface area contributed by atoms with Crippen LogP contribution >= 0.6 is 11.6 Å². The normalized spacial score (nSPS) is 13.3. The Hall–Kier alpha value is -2.39. The fourth-order valence-electron chi connectivity index (χ4n) is 2.15. The molecule has 0 aliphatic carbocycles. The van der Waals surface area contributed by atoms with Crippen molar-refractivity contribution in [3.05, 3.63) is 40.1 Å². The van der Waals surface area contributed by atoms with Crippen LogP contribution in [0.5, 0.6) is 11.8 Å². The summed E-state index contributed by atoms with van der Waals surface area (Å²) in [6.07, 6.45) is -2.02. The molecule has 0 fully saturated rings. The van der Waals surface area contributed by atoms with E-state index in [4.69, 9.17) is 11.6 Å². The monoisotopic (exact) mass is 391 g/mol. The maximum absolute atomic E-state index is 12.7. The fraction of sp³-hybridized carbons (Fsp3) is 0.312. The van der Waals surface area contributed by atoms with Gasteiger partial charge in [0.25, 0.3) is 0 Å². The van der Waals surface area contributed by atoms with E-state index in [1.807, 2.05) is 0 Å². The molecule has 0 aliphatic heterocycles. The third-order valence-corrected chi connectivity index (χ3v) is 3.98. The van der Waals surface area contributed by atoms with Gasteiger partial charge in [0.15, 0.2) is 0 Å². The van der Waals surface area contributed by atoms with Gasteiger partial charge in [0.2, 0.25) is 11.8 Å². The summed E-state index contributed by atoms with van der Waals surface area (Å²) in [6, 6.07) is 1.75. The fourth-order valence-corrected chi connectivity index (χ4v) is 2.41. The van der Waals surface area contributed by atoms with Crippen LogP contribution in [0.25, 0.3) is 6.08 Å². The zero-order chi connectivity index (χ0) is 19.6. The van der Waals surface area contributed by atoms with Crippen molar-refractivity contribution in [1.29, 1.82) is 0 Å². The molecule has 2 aromatic rings. The third kappa shape index (κ3) is 4.05. The van der Waals surface area contributed by atoms with Crippen LogP contribution in [0.3, 0.4) is 0 Å². The molecular weight excluding hydrogens is 375 g/mol. The van der Waals surface area contributed by atoms with Gasteiger partial charge in [0.05, 0.1) is 11.7 Å². The van der Waals surface area contributed by atoms with E-state index in [0.717, 1.165) is 16.8 Å². The van der Waals surface area contributed by atoms with Gasteiger partial charge in [-0.1, -0.05) is 30.7 Å². The number of aromatic nitrogens is 2. The number of pyridine rings is 1. The van der Waals surface area contributed by atoms with E-state index >= 15 is 0 Å².